The highest BCUT2D eigenvalue weighted by molar-refractivity contribution is 9.10. The lowest BCUT2D eigenvalue weighted by atomic mass is 10.2. The maximum atomic E-state index is 5.90. The maximum absolute atomic E-state index is 5.90. The van der Waals surface area contributed by atoms with Crippen LogP contribution in [0.25, 0.3) is 0 Å². The molecule has 0 saturated heterocycles. The van der Waals surface area contributed by atoms with E-state index in [1.54, 1.807) is 0 Å². The number of thioether (sulfide) groups is 1. The highest BCUT2D eigenvalue weighted by atomic mass is 79.9. The summed E-state index contributed by atoms with van der Waals surface area (Å²) >= 11 is 11.4. The van der Waals surface area contributed by atoms with E-state index >= 15 is 0 Å². The van der Waals surface area contributed by atoms with Crippen LogP contribution >= 0.6 is 39.3 Å². The van der Waals surface area contributed by atoms with Gasteiger partial charge in [-0.3, -0.25) is 0 Å². The zero-order valence-electron chi connectivity index (χ0n) is 12.0. The number of nitrogens with one attached hydrogen (secondary N) is 1. The van der Waals surface area contributed by atoms with Gasteiger partial charge in [-0.05, 0) is 48.4 Å². The lowest BCUT2D eigenvalue weighted by Crippen LogP contribution is -2.14. The number of hydrogen-bond acceptors (Lipinski definition) is 2. The smallest absolute Gasteiger partial charge is 0.0406 e. The van der Waals surface area contributed by atoms with Crippen LogP contribution < -0.4 is 5.32 Å². The van der Waals surface area contributed by atoms with Gasteiger partial charge in [0.2, 0.25) is 0 Å². The molecule has 0 spiro atoms. The summed E-state index contributed by atoms with van der Waals surface area (Å²) in [6.07, 6.45) is 1.16. The molecule has 21 heavy (non-hydrogen) atoms. The van der Waals surface area contributed by atoms with E-state index in [9.17, 15) is 0 Å². The summed E-state index contributed by atoms with van der Waals surface area (Å²) < 4.78 is 1.17. The lowest BCUT2D eigenvalue weighted by Gasteiger charge is -2.08. The zero-order chi connectivity index (χ0) is 15.1. The number of halogens is 2. The second-order valence-corrected chi connectivity index (χ2v) is 7.18. The Kier molecular flexibility index (Phi) is 7.11. The standard InChI is InChI=1S/C17H19BrClNS/c1-2-9-20-11-14-5-8-16(10-17(14)18)21-12-13-3-6-15(19)7-4-13/h3-8,10,20H,2,9,11-12H2,1H3. The van der Waals surface area contributed by atoms with Crippen LogP contribution in [0, 0.1) is 0 Å². The fourth-order valence-corrected chi connectivity index (χ4v) is 3.60. The Balaban J connectivity index is 1.92. The zero-order valence-corrected chi connectivity index (χ0v) is 15.2. The van der Waals surface area contributed by atoms with Crippen LogP contribution in [-0.4, -0.2) is 6.54 Å². The van der Waals surface area contributed by atoms with Crippen molar-refractivity contribution in [3.63, 3.8) is 0 Å². The quantitative estimate of drug-likeness (QED) is 0.471. The van der Waals surface area contributed by atoms with E-state index in [-0.39, 0.29) is 0 Å². The van der Waals surface area contributed by atoms with E-state index < -0.39 is 0 Å². The average molecular weight is 385 g/mol. The van der Waals surface area contributed by atoms with Gasteiger partial charge >= 0.3 is 0 Å². The highest BCUT2D eigenvalue weighted by Gasteiger charge is 2.03. The van der Waals surface area contributed by atoms with Gasteiger partial charge in [-0.1, -0.05) is 52.7 Å². The van der Waals surface area contributed by atoms with Crippen molar-refractivity contribution in [2.75, 3.05) is 6.54 Å². The third-order valence-corrected chi connectivity index (χ3v) is 5.14. The molecular formula is C17H19BrClNS. The first-order valence-corrected chi connectivity index (χ1v) is 9.21. The van der Waals surface area contributed by atoms with Crippen molar-refractivity contribution in [3.05, 3.63) is 63.1 Å². The fraction of sp³-hybridized carbons (Fsp3) is 0.294. The van der Waals surface area contributed by atoms with Crippen molar-refractivity contribution in [2.24, 2.45) is 0 Å². The first-order chi connectivity index (χ1) is 10.2. The molecule has 0 aliphatic heterocycles. The molecule has 0 radical (unpaired) electrons. The predicted molar refractivity (Wildman–Crippen MR) is 97.2 cm³/mol. The summed E-state index contributed by atoms with van der Waals surface area (Å²) in [5.41, 5.74) is 2.59. The third kappa shape index (κ3) is 5.67. The topological polar surface area (TPSA) is 12.0 Å². The van der Waals surface area contributed by atoms with Crippen molar-refractivity contribution in [1.29, 1.82) is 0 Å². The largest absolute Gasteiger partial charge is 0.313 e. The van der Waals surface area contributed by atoms with Crippen molar-refractivity contribution in [1.82, 2.24) is 5.32 Å². The van der Waals surface area contributed by atoms with Crippen molar-refractivity contribution >= 4 is 39.3 Å². The van der Waals surface area contributed by atoms with Crippen LogP contribution in [-0.2, 0) is 12.3 Å². The third-order valence-electron chi connectivity index (χ3n) is 3.09. The van der Waals surface area contributed by atoms with Gasteiger partial charge in [0.05, 0.1) is 0 Å². The molecule has 0 bridgehead atoms. The van der Waals surface area contributed by atoms with E-state index in [2.05, 4.69) is 58.5 Å². The first kappa shape index (κ1) is 16.9. The van der Waals surface area contributed by atoms with Gasteiger partial charge in [-0.25, -0.2) is 0 Å². The van der Waals surface area contributed by atoms with Crippen LogP contribution in [0.15, 0.2) is 51.8 Å². The van der Waals surface area contributed by atoms with Crippen LogP contribution in [0.2, 0.25) is 5.02 Å². The Morgan fingerprint density at radius 3 is 2.57 bits per heavy atom. The summed E-state index contributed by atoms with van der Waals surface area (Å²) in [7, 11) is 0. The molecule has 0 aromatic heterocycles. The maximum Gasteiger partial charge on any atom is 0.0406 e. The normalized spacial score (nSPS) is 10.8. The molecule has 2 rings (SSSR count). The summed E-state index contributed by atoms with van der Waals surface area (Å²) in [6, 6.07) is 14.6. The van der Waals surface area contributed by atoms with Crippen molar-refractivity contribution < 1.29 is 0 Å². The number of hydrogen-bond donors (Lipinski definition) is 1. The van der Waals surface area contributed by atoms with Crippen LogP contribution in [0.5, 0.6) is 0 Å². The van der Waals surface area contributed by atoms with Crippen LogP contribution in [0.1, 0.15) is 24.5 Å². The molecule has 112 valence electrons. The average Bonchev–Trinajstić information content (AvgIpc) is 2.49. The van der Waals surface area contributed by atoms with Crippen LogP contribution in [0.4, 0.5) is 0 Å². The summed E-state index contributed by atoms with van der Waals surface area (Å²) in [4.78, 5) is 1.27. The van der Waals surface area contributed by atoms with Gasteiger partial charge in [0.25, 0.3) is 0 Å². The Morgan fingerprint density at radius 1 is 1.14 bits per heavy atom. The lowest BCUT2D eigenvalue weighted by molar-refractivity contribution is 0.673. The van der Waals surface area contributed by atoms with E-state index in [4.69, 9.17) is 11.6 Å². The van der Waals surface area contributed by atoms with Crippen LogP contribution in [0.3, 0.4) is 0 Å². The Labute approximate surface area is 144 Å². The fourth-order valence-electron chi connectivity index (χ4n) is 1.91. The SMILES string of the molecule is CCCNCc1ccc(SCc2ccc(Cl)cc2)cc1Br. The predicted octanol–water partition coefficient (Wildman–Crippen LogP) is 5.89. The highest BCUT2D eigenvalue weighted by Crippen LogP contribution is 2.28. The molecule has 0 saturated carbocycles. The molecule has 1 N–H and O–H groups in total. The number of benzene rings is 2. The van der Waals surface area contributed by atoms with E-state index in [1.165, 1.54) is 20.5 Å². The van der Waals surface area contributed by atoms with E-state index in [0.717, 1.165) is 30.3 Å². The van der Waals surface area contributed by atoms with Gasteiger partial charge < -0.3 is 5.32 Å². The van der Waals surface area contributed by atoms with E-state index in [0.29, 0.717) is 0 Å². The first-order valence-electron chi connectivity index (χ1n) is 7.05. The molecule has 0 amide bonds. The molecule has 0 atom stereocenters. The monoisotopic (exact) mass is 383 g/mol. The molecule has 2 aromatic carbocycles. The summed E-state index contributed by atoms with van der Waals surface area (Å²) in [6.45, 7) is 4.15. The summed E-state index contributed by atoms with van der Waals surface area (Å²) in [5.74, 6) is 0.955. The van der Waals surface area contributed by atoms with Gasteiger partial charge in [0, 0.05) is 26.7 Å². The molecular weight excluding hydrogens is 366 g/mol. The van der Waals surface area contributed by atoms with Gasteiger partial charge in [0.15, 0.2) is 0 Å². The van der Waals surface area contributed by atoms with Crippen molar-refractivity contribution in [2.45, 2.75) is 30.5 Å². The minimum Gasteiger partial charge on any atom is -0.313 e. The molecule has 0 fully saturated rings. The molecule has 0 aliphatic rings. The Morgan fingerprint density at radius 2 is 1.90 bits per heavy atom. The molecule has 4 heteroatoms. The van der Waals surface area contributed by atoms with Gasteiger partial charge in [0.1, 0.15) is 0 Å². The molecule has 1 nitrogen and oxygen atoms in total. The second kappa shape index (κ2) is 8.84. The van der Waals surface area contributed by atoms with E-state index in [1.807, 2.05) is 23.9 Å². The van der Waals surface area contributed by atoms with Gasteiger partial charge in [-0.15, -0.1) is 11.8 Å². The Bertz CT molecular complexity index is 572. The number of rotatable bonds is 7. The minimum absolute atomic E-state index is 0.787. The molecule has 2 aromatic rings. The van der Waals surface area contributed by atoms with Crippen molar-refractivity contribution in [3.8, 4) is 0 Å². The van der Waals surface area contributed by atoms with Gasteiger partial charge in [-0.2, -0.15) is 0 Å². The molecule has 0 heterocycles. The minimum atomic E-state index is 0.787. The Hall–Kier alpha value is -0.480. The second-order valence-electron chi connectivity index (χ2n) is 4.85. The molecule has 0 aliphatic carbocycles. The summed E-state index contributed by atoms with van der Waals surface area (Å²) in [5, 5.41) is 4.21. The molecule has 0 unspecified atom stereocenters.